The summed E-state index contributed by atoms with van der Waals surface area (Å²) < 4.78 is 108. The van der Waals surface area contributed by atoms with E-state index in [1.807, 2.05) is 48.5 Å². The number of allylic oxidation sites excluding steroid dienone is 2. The number of carbonyl (C=O) groups is 3. The molecule has 6 aromatic carbocycles. The molecule has 2 aromatic heterocycles. The van der Waals surface area contributed by atoms with Gasteiger partial charge in [-0.3, -0.25) is 14.4 Å². The first-order valence-corrected chi connectivity index (χ1v) is 28.7. The minimum atomic E-state index is -5.68. The number of rotatable bonds is 14. The highest BCUT2D eigenvalue weighted by Gasteiger charge is 2.80. The molecule has 17 heteroatoms. The number of alkyl halides is 6. The topological polar surface area (TPSA) is 82.6 Å². The summed E-state index contributed by atoms with van der Waals surface area (Å²) in [6.45, 7) is 16.0. The monoisotopic (exact) mass is 1140 g/mol. The van der Waals surface area contributed by atoms with Gasteiger partial charge >= 0.3 is 17.8 Å². The predicted octanol–water partition coefficient (Wildman–Crippen LogP) is 16.4. The van der Waals surface area contributed by atoms with Crippen LogP contribution in [-0.2, 0) is 18.4 Å². The Kier molecular flexibility index (Phi) is 12.9. The van der Waals surface area contributed by atoms with Gasteiger partial charge in [-0.25, -0.2) is 5.01 Å². The molecule has 0 radical (unpaired) electrons. The molecule has 8 aromatic rings. The number of ether oxygens (including phenoxy) is 2. The van der Waals surface area contributed by atoms with Crippen LogP contribution in [0.4, 0.5) is 37.7 Å². The van der Waals surface area contributed by atoms with Crippen LogP contribution < -0.4 is 19.3 Å². The number of halogens is 6. The maximum atomic E-state index is 16.0. The lowest BCUT2D eigenvalue weighted by molar-refractivity contribution is -0.254. The zero-order valence-corrected chi connectivity index (χ0v) is 46.9. The molecule has 414 valence electrons. The van der Waals surface area contributed by atoms with Crippen molar-refractivity contribution >= 4 is 73.7 Å². The van der Waals surface area contributed by atoms with Crippen LogP contribution in [0.15, 0.2) is 127 Å². The second-order valence-electron chi connectivity index (χ2n) is 20.4. The van der Waals surface area contributed by atoms with Gasteiger partial charge in [-0.2, -0.15) is 31.4 Å². The third-order valence-electron chi connectivity index (χ3n) is 16.3. The number of aryl methyl sites for hydroxylation is 3. The SMILES string of the molecule is CCc1cc(C2=C(c3cc(-c4ccc(Oc5ccc6c7c(cccc57)C(=O)N(N5C(=O)c7ccccc7C57c5ccc(N(CC)CC)cc5Oc5cc(N(CC)CC)ccc57)C6=O)cc4)sc3C)C(F)(F)C(F)(F)C2(F)F)c(CC)s1. The van der Waals surface area contributed by atoms with Gasteiger partial charge in [0.1, 0.15) is 28.5 Å². The Labute approximate surface area is 472 Å². The van der Waals surface area contributed by atoms with Gasteiger partial charge in [0.05, 0.1) is 11.1 Å². The van der Waals surface area contributed by atoms with Crippen LogP contribution in [0.3, 0.4) is 0 Å². The van der Waals surface area contributed by atoms with Crippen LogP contribution in [-0.4, -0.2) is 71.7 Å². The highest BCUT2D eigenvalue weighted by molar-refractivity contribution is 7.15. The Morgan fingerprint density at radius 2 is 1.14 bits per heavy atom. The molecule has 1 spiro atoms. The molecule has 0 N–H and O–H groups in total. The van der Waals surface area contributed by atoms with E-state index < -0.39 is 52.2 Å². The normalized spacial score (nSPS) is 17.0. The van der Waals surface area contributed by atoms with Crippen molar-refractivity contribution in [1.29, 1.82) is 0 Å². The van der Waals surface area contributed by atoms with E-state index in [4.69, 9.17) is 9.47 Å². The summed E-state index contributed by atoms with van der Waals surface area (Å²) in [4.78, 5) is 52.2. The third kappa shape index (κ3) is 7.59. The van der Waals surface area contributed by atoms with Crippen molar-refractivity contribution in [3.05, 3.63) is 187 Å². The first kappa shape index (κ1) is 53.7. The molecule has 0 saturated heterocycles. The molecule has 0 fully saturated rings. The van der Waals surface area contributed by atoms with E-state index in [9.17, 15) is 0 Å². The quantitative estimate of drug-likeness (QED) is 0.0792. The van der Waals surface area contributed by atoms with Crippen molar-refractivity contribution in [3.8, 4) is 33.4 Å². The Morgan fingerprint density at radius 3 is 1.73 bits per heavy atom. The summed E-state index contributed by atoms with van der Waals surface area (Å²) in [5.74, 6) is -16.5. The Bertz CT molecular complexity index is 3890. The zero-order chi connectivity index (χ0) is 57.2. The van der Waals surface area contributed by atoms with Crippen molar-refractivity contribution in [2.75, 3.05) is 36.0 Å². The van der Waals surface area contributed by atoms with Crippen LogP contribution in [0.5, 0.6) is 23.0 Å². The highest BCUT2D eigenvalue weighted by Crippen LogP contribution is 2.66. The molecule has 0 bridgehead atoms. The lowest BCUT2D eigenvalue weighted by Gasteiger charge is -2.48. The highest BCUT2D eigenvalue weighted by atomic mass is 32.1. The number of fused-ring (bicyclic) bond motifs is 6. The van der Waals surface area contributed by atoms with E-state index in [2.05, 4.69) is 37.5 Å². The summed E-state index contributed by atoms with van der Waals surface area (Å²) in [6.07, 6.45) is 0.609. The maximum Gasteiger partial charge on any atom is 0.380 e. The largest absolute Gasteiger partial charge is 0.457 e. The van der Waals surface area contributed by atoms with E-state index in [-0.39, 0.29) is 39.3 Å². The number of benzene rings is 6. The molecule has 5 heterocycles. The lowest BCUT2D eigenvalue weighted by Crippen LogP contribution is -2.60. The Morgan fingerprint density at radius 1 is 0.556 bits per heavy atom. The molecule has 0 unspecified atom stereocenters. The summed E-state index contributed by atoms with van der Waals surface area (Å²) in [6, 6.07) is 36.1. The van der Waals surface area contributed by atoms with Gasteiger partial charge in [0.25, 0.3) is 17.7 Å². The first-order chi connectivity index (χ1) is 38.8. The average Bonchev–Trinajstić information content (AvgIpc) is 4.28. The smallest absolute Gasteiger partial charge is 0.380 e. The fourth-order valence-electron chi connectivity index (χ4n) is 12.3. The van der Waals surface area contributed by atoms with Crippen molar-refractivity contribution in [2.24, 2.45) is 0 Å². The number of imide groups is 1. The molecular formula is C64H54F6N4O5S2. The van der Waals surface area contributed by atoms with Crippen molar-refractivity contribution in [2.45, 2.75) is 84.6 Å². The van der Waals surface area contributed by atoms with Gasteiger partial charge in [-0.1, -0.05) is 56.3 Å². The second-order valence-corrected chi connectivity index (χ2v) is 22.9. The third-order valence-corrected chi connectivity index (χ3v) is 18.8. The number of nitrogens with zero attached hydrogens (tertiary/aromatic N) is 4. The lowest BCUT2D eigenvalue weighted by atomic mass is 9.75. The molecule has 1 aliphatic carbocycles. The van der Waals surface area contributed by atoms with Gasteiger partial charge in [-0.15, -0.1) is 22.7 Å². The molecule has 0 atom stereocenters. The van der Waals surface area contributed by atoms with Crippen LogP contribution in [0.2, 0.25) is 0 Å². The fourth-order valence-corrected chi connectivity index (χ4v) is 14.4. The predicted molar refractivity (Wildman–Crippen MR) is 306 cm³/mol. The van der Waals surface area contributed by atoms with E-state index in [1.54, 1.807) is 80.6 Å². The Hall–Kier alpha value is -7.89. The molecule has 9 nitrogen and oxygen atoms in total. The van der Waals surface area contributed by atoms with Crippen molar-refractivity contribution in [1.82, 2.24) is 10.0 Å². The first-order valence-electron chi connectivity index (χ1n) is 27.1. The number of carbonyl (C=O) groups excluding carboxylic acids is 3. The fraction of sp³-hybridized carbons (Fsp3) is 0.266. The molecule has 81 heavy (non-hydrogen) atoms. The van der Waals surface area contributed by atoms with Crippen molar-refractivity contribution < 1.29 is 50.2 Å². The van der Waals surface area contributed by atoms with Crippen molar-refractivity contribution in [3.63, 3.8) is 0 Å². The molecule has 12 rings (SSSR count). The molecule has 0 saturated carbocycles. The van der Waals surface area contributed by atoms with E-state index in [0.717, 1.165) is 65.2 Å². The molecule has 3 aliphatic heterocycles. The maximum absolute atomic E-state index is 16.0. The molecule has 4 aliphatic rings. The Balaban J connectivity index is 0.912. The van der Waals surface area contributed by atoms with Gasteiger partial charge < -0.3 is 19.3 Å². The minimum absolute atomic E-state index is 0.143. The summed E-state index contributed by atoms with van der Waals surface area (Å²) in [5.41, 5.74) is -0.374. The average molecular weight is 1140 g/mol. The van der Waals surface area contributed by atoms with Crippen LogP contribution in [0.1, 0.15) is 115 Å². The zero-order valence-electron chi connectivity index (χ0n) is 45.3. The second kappa shape index (κ2) is 19.4. The number of hydrogen-bond donors (Lipinski definition) is 0. The number of anilines is 2. The number of thiophene rings is 2. The summed E-state index contributed by atoms with van der Waals surface area (Å²) in [5, 5.41) is 3.02. The van der Waals surface area contributed by atoms with E-state index in [1.165, 1.54) is 24.1 Å². The van der Waals surface area contributed by atoms with Gasteiger partial charge in [0.2, 0.25) is 0 Å². The van der Waals surface area contributed by atoms with Gasteiger partial charge in [0, 0.05) is 113 Å². The van der Waals surface area contributed by atoms with Crippen LogP contribution >= 0.6 is 22.7 Å². The number of amides is 3. The van der Waals surface area contributed by atoms with Crippen LogP contribution in [0, 0.1) is 6.92 Å². The van der Waals surface area contributed by atoms with E-state index >= 15 is 40.7 Å². The van der Waals surface area contributed by atoms with E-state index in [0.29, 0.717) is 76.9 Å². The molecule has 3 amide bonds. The van der Waals surface area contributed by atoms with Gasteiger partial charge in [-0.05, 0) is 137 Å². The number of hydrazine groups is 1. The molecular weight excluding hydrogens is 1080 g/mol. The standard InChI is InChI=1S/C64H54F6N4O5S2/c1-8-40-33-46(53(9-2)81-40)57-56(62(65,66)64(69,70)63(57,67)68)45-34-54(80-35(45)7)36-21-25-39(26-22-36)78-50-30-27-44-55-42(50)18-16-19-43(55)58(75)73(59(44)76)74-60(77)41-17-14-15-20-47(41)61(74)48-28-23-37(71(10-3)11-4)31-51(48)79-52-32-38(24-29-49(52)61)72(12-5)13-6/h14-34H,8-13H2,1-7H3. The summed E-state index contributed by atoms with van der Waals surface area (Å²) in [7, 11) is 0. The van der Waals surface area contributed by atoms with Gasteiger partial charge in [0.15, 0.2) is 0 Å². The summed E-state index contributed by atoms with van der Waals surface area (Å²) >= 11 is 2.16. The number of hydrogen-bond acceptors (Lipinski definition) is 9. The van der Waals surface area contributed by atoms with Crippen LogP contribution in [0.25, 0.3) is 32.4 Å². The minimum Gasteiger partial charge on any atom is -0.457 e.